The maximum atomic E-state index is 12.8. The van der Waals surface area contributed by atoms with Crippen molar-refractivity contribution in [3.63, 3.8) is 0 Å². The van der Waals surface area contributed by atoms with Crippen molar-refractivity contribution in [2.24, 2.45) is 0 Å². The van der Waals surface area contributed by atoms with Crippen molar-refractivity contribution in [2.75, 3.05) is 19.6 Å². The number of likely N-dealkylation sites (tertiary alicyclic amines) is 1. The van der Waals surface area contributed by atoms with Crippen LogP contribution in [0.3, 0.4) is 0 Å². The van der Waals surface area contributed by atoms with E-state index in [2.05, 4.69) is 9.97 Å². The van der Waals surface area contributed by atoms with E-state index in [0.29, 0.717) is 44.5 Å². The number of aromatic amines is 1. The van der Waals surface area contributed by atoms with E-state index in [1.54, 1.807) is 23.4 Å². The van der Waals surface area contributed by atoms with Gasteiger partial charge in [0.05, 0.1) is 17.6 Å². The Labute approximate surface area is 164 Å². The summed E-state index contributed by atoms with van der Waals surface area (Å²) in [5, 5.41) is 10.5. The molecule has 0 bridgehead atoms. The molecule has 1 atom stereocenters. The van der Waals surface area contributed by atoms with Crippen LogP contribution < -0.4 is 0 Å². The van der Waals surface area contributed by atoms with Crippen molar-refractivity contribution in [2.45, 2.75) is 44.2 Å². The van der Waals surface area contributed by atoms with E-state index < -0.39 is 11.6 Å². The average Bonchev–Trinajstić information content (AvgIpc) is 3.24. The lowest BCUT2D eigenvalue weighted by atomic mass is 9.78. The molecule has 1 saturated heterocycles. The van der Waals surface area contributed by atoms with Gasteiger partial charge in [-0.15, -0.1) is 0 Å². The minimum absolute atomic E-state index is 0.123. The molecule has 0 aliphatic carbocycles. The number of imidazole rings is 1. The second-order valence-electron chi connectivity index (χ2n) is 7.55. The molecule has 3 heterocycles. The summed E-state index contributed by atoms with van der Waals surface area (Å²) in [7, 11) is 0. The van der Waals surface area contributed by atoms with Gasteiger partial charge in [0.15, 0.2) is 6.10 Å². The first-order chi connectivity index (χ1) is 13.6. The summed E-state index contributed by atoms with van der Waals surface area (Å²) in [6, 6.07) is 8.99. The van der Waals surface area contributed by atoms with Crippen LogP contribution in [-0.2, 0) is 21.5 Å². The zero-order valence-electron chi connectivity index (χ0n) is 16.1. The van der Waals surface area contributed by atoms with Crippen LogP contribution in [0.25, 0.3) is 0 Å². The Bertz CT molecular complexity index is 856. The highest BCUT2D eigenvalue weighted by atomic mass is 16.3. The number of aliphatic hydroxyl groups is 1. The summed E-state index contributed by atoms with van der Waals surface area (Å²) < 4.78 is 0. The molecular formula is C21H26N4O3. The lowest BCUT2D eigenvalue weighted by Crippen LogP contribution is -2.59. The molecule has 4 rings (SSSR count). The largest absolute Gasteiger partial charge is 0.378 e. The molecule has 7 heteroatoms. The number of carbonyl (C=O) groups excluding carboxylic acids is 2. The third-order valence-corrected chi connectivity index (χ3v) is 6.12. The van der Waals surface area contributed by atoms with Crippen molar-refractivity contribution in [3.05, 3.63) is 53.6 Å². The highest BCUT2D eigenvalue weighted by molar-refractivity contribution is 5.82. The zero-order valence-corrected chi connectivity index (χ0v) is 16.1. The fraction of sp³-hybridized carbons (Fsp3) is 0.476. The molecule has 2 aromatic rings. The zero-order chi connectivity index (χ0) is 19.7. The number of H-pyrrole nitrogens is 1. The first-order valence-electron chi connectivity index (χ1n) is 9.92. The number of aliphatic hydroxyl groups excluding tert-OH is 1. The number of piperidine rings is 1. The van der Waals surface area contributed by atoms with Gasteiger partial charge in [-0.25, -0.2) is 4.98 Å². The molecule has 2 aliphatic rings. The van der Waals surface area contributed by atoms with Crippen LogP contribution in [0.2, 0.25) is 0 Å². The molecule has 1 aromatic heterocycles. The summed E-state index contributed by atoms with van der Waals surface area (Å²) in [6.45, 7) is 3.53. The molecule has 7 nitrogen and oxygen atoms in total. The van der Waals surface area contributed by atoms with Gasteiger partial charge in [-0.1, -0.05) is 37.3 Å². The summed E-state index contributed by atoms with van der Waals surface area (Å²) in [5.41, 5.74) is 2.16. The van der Waals surface area contributed by atoms with Crippen LogP contribution in [0, 0.1) is 0 Å². The van der Waals surface area contributed by atoms with Gasteiger partial charge in [-0.05, 0) is 18.4 Å². The molecule has 0 unspecified atom stereocenters. The number of benzene rings is 1. The minimum Gasteiger partial charge on any atom is -0.378 e. The Morgan fingerprint density at radius 3 is 2.61 bits per heavy atom. The highest BCUT2D eigenvalue weighted by Gasteiger charge is 2.49. The third kappa shape index (κ3) is 2.99. The molecular weight excluding hydrogens is 356 g/mol. The van der Waals surface area contributed by atoms with E-state index in [4.69, 9.17) is 0 Å². The van der Waals surface area contributed by atoms with Crippen molar-refractivity contribution in [1.82, 2.24) is 19.8 Å². The van der Waals surface area contributed by atoms with Crippen molar-refractivity contribution in [1.29, 1.82) is 0 Å². The van der Waals surface area contributed by atoms with Gasteiger partial charge in [0, 0.05) is 38.2 Å². The van der Waals surface area contributed by atoms with E-state index in [9.17, 15) is 14.7 Å². The molecule has 2 aliphatic heterocycles. The standard InChI is InChI=1S/C21H26N4O3/c1-2-17(26)25-11-8-16-19(23-14-22-16)21(25)9-12-24(13-10-21)20(28)18(27)15-6-4-3-5-7-15/h3-7,14,18,27H,2,8-13H2,1H3,(H,22,23)/t18-/m0/s1. The monoisotopic (exact) mass is 382 g/mol. The van der Waals surface area contributed by atoms with Crippen molar-refractivity contribution >= 4 is 11.8 Å². The fourth-order valence-electron chi connectivity index (χ4n) is 4.59. The van der Waals surface area contributed by atoms with E-state index in [1.807, 2.05) is 30.0 Å². The van der Waals surface area contributed by atoms with Gasteiger partial charge in [-0.3, -0.25) is 9.59 Å². The lowest BCUT2D eigenvalue weighted by molar-refractivity contribution is -0.148. The number of aromatic nitrogens is 2. The van der Waals surface area contributed by atoms with E-state index >= 15 is 0 Å². The molecule has 2 N–H and O–H groups in total. The Morgan fingerprint density at radius 1 is 1.21 bits per heavy atom. The van der Waals surface area contributed by atoms with E-state index in [0.717, 1.165) is 17.8 Å². The quantitative estimate of drug-likeness (QED) is 0.846. The Balaban J connectivity index is 1.55. The second-order valence-corrected chi connectivity index (χ2v) is 7.55. The first-order valence-corrected chi connectivity index (χ1v) is 9.92. The van der Waals surface area contributed by atoms with Crippen LogP contribution in [0.5, 0.6) is 0 Å². The number of hydrogen-bond donors (Lipinski definition) is 2. The second kappa shape index (κ2) is 7.39. The van der Waals surface area contributed by atoms with Crippen LogP contribution >= 0.6 is 0 Å². The SMILES string of the molecule is CCC(=O)N1CCc2[nH]cnc2C12CCN(C(=O)[C@@H](O)c1ccccc1)CC2. The predicted molar refractivity (Wildman–Crippen MR) is 103 cm³/mol. The number of hydrogen-bond acceptors (Lipinski definition) is 4. The topological polar surface area (TPSA) is 89.5 Å². The maximum Gasteiger partial charge on any atom is 0.256 e. The molecule has 1 fully saturated rings. The van der Waals surface area contributed by atoms with Crippen molar-refractivity contribution in [3.8, 4) is 0 Å². The fourth-order valence-corrected chi connectivity index (χ4v) is 4.59. The molecule has 1 aromatic carbocycles. The number of carbonyl (C=O) groups is 2. The number of amides is 2. The van der Waals surface area contributed by atoms with Gasteiger partial charge in [0.2, 0.25) is 5.91 Å². The van der Waals surface area contributed by atoms with Gasteiger partial charge in [0.25, 0.3) is 5.91 Å². The number of fused-ring (bicyclic) bond motifs is 2. The summed E-state index contributed by atoms with van der Waals surface area (Å²) in [5.74, 6) is -0.162. The van der Waals surface area contributed by atoms with Crippen LogP contribution in [0.1, 0.15) is 49.2 Å². The van der Waals surface area contributed by atoms with Crippen LogP contribution in [-0.4, -0.2) is 56.3 Å². The number of rotatable bonds is 3. The number of nitrogens with zero attached hydrogens (tertiary/aromatic N) is 3. The Hall–Kier alpha value is -2.67. The minimum atomic E-state index is -1.16. The molecule has 2 amide bonds. The van der Waals surface area contributed by atoms with Crippen LogP contribution in [0.4, 0.5) is 0 Å². The van der Waals surface area contributed by atoms with Gasteiger partial charge < -0.3 is 19.9 Å². The number of nitrogens with one attached hydrogen (secondary N) is 1. The Morgan fingerprint density at radius 2 is 1.93 bits per heavy atom. The molecule has 148 valence electrons. The molecule has 0 saturated carbocycles. The van der Waals surface area contributed by atoms with Gasteiger partial charge in [-0.2, -0.15) is 0 Å². The normalized spacial score (nSPS) is 19.4. The van der Waals surface area contributed by atoms with Crippen LogP contribution in [0.15, 0.2) is 36.7 Å². The van der Waals surface area contributed by atoms with Gasteiger partial charge >= 0.3 is 0 Å². The lowest BCUT2D eigenvalue weighted by Gasteiger charge is -2.50. The summed E-state index contributed by atoms with van der Waals surface area (Å²) in [4.78, 5) is 36.9. The average molecular weight is 382 g/mol. The third-order valence-electron chi connectivity index (χ3n) is 6.12. The van der Waals surface area contributed by atoms with E-state index in [1.165, 1.54) is 0 Å². The highest BCUT2D eigenvalue weighted by Crippen LogP contribution is 2.42. The molecule has 1 spiro atoms. The summed E-state index contributed by atoms with van der Waals surface area (Å²) in [6.07, 6.45) is 3.03. The summed E-state index contributed by atoms with van der Waals surface area (Å²) >= 11 is 0. The first kappa shape index (κ1) is 18.7. The predicted octanol–water partition coefficient (Wildman–Crippen LogP) is 1.76. The van der Waals surface area contributed by atoms with Crippen molar-refractivity contribution < 1.29 is 14.7 Å². The maximum absolute atomic E-state index is 12.8. The van der Waals surface area contributed by atoms with E-state index in [-0.39, 0.29) is 11.8 Å². The molecule has 28 heavy (non-hydrogen) atoms. The molecule has 0 radical (unpaired) electrons. The Kier molecular flexibility index (Phi) is 4.93. The smallest absolute Gasteiger partial charge is 0.256 e. The van der Waals surface area contributed by atoms with Gasteiger partial charge in [0.1, 0.15) is 0 Å².